The van der Waals surface area contributed by atoms with Gasteiger partial charge >= 0.3 is 0 Å². The molecule has 0 fully saturated rings. The molecule has 0 saturated carbocycles. The van der Waals surface area contributed by atoms with Gasteiger partial charge in [-0.1, -0.05) is 17.4 Å². The Hall–Kier alpha value is -1.27. The molecule has 0 aromatic carbocycles. The molecule has 0 atom stereocenters. The molecular formula is C7H5N3OS2. The van der Waals surface area contributed by atoms with Crippen molar-refractivity contribution in [1.82, 2.24) is 10.2 Å². The SMILES string of the molecule is O=C(Nc1nncs1)c1cccs1. The van der Waals surface area contributed by atoms with Crippen LogP contribution < -0.4 is 5.32 Å². The van der Waals surface area contributed by atoms with E-state index in [2.05, 4.69) is 15.5 Å². The number of carbonyl (C=O) groups is 1. The Bertz CT molecular complexity index is 382. The predicted molar refractivity (Wildman–Crippen MR) is 52.2 cm³/mol. The minimum Gasteiger partial charge on any atom is -0.296 e. The van der Waals surface area contributed by atoms with Crippen molar-refractivity contribution in [2.45, 2.75) is 0 Å². The number of thiophene rings is 1. The molecule has 0 aliphatic heterocycles. The molecule has 2 rings (SSSR count). The van der Waals surface area contributed by atoms with E-state index < -0.39 is 0 Å². The molecule has 0 saturated heterocycles. The Kier molecular flexibility index (Phi) is 2.33. The lowest BCUT2D eigenvalue weighted by Gasteiger charge is -1.95. The van der Waals surface area contributed by atoms with Crippen molar-refractivity contribution in [2.75, 3.05) is 5.32 Å². The van der Waals surface area contributed by atoms with Crippen LogP contribution in [0.3, 0.4) is 0 Å². The summed E-state index contributed by atoms with van der Waals surface area (Å²) in [5.74, 6) is -0.133. The molecule has 1 N–H and O–H groups in total. The van der Waals surface area contributed by atoms with E-state index in [0.717, 1.165) is 0 Å². The van der Waals surface area contributed by atoms with Crippen LogP contribution in [0.4, 0.5) is 5.13 Å². The quantitative estimate of drug-likeness (QED) is 0.824. The van der Waals surface area contributed by atoms with E-state index in [1.54, 1.807) is 11.6 Å². The molecule has 66 valence electrons. The number of nitrogens with one attached hydrogen (secondary N) is 1. The monoisotopic (exact) mass is 211 g/mol. The smallest absolute Gasteiger partial charge is 0.267 e. The largest absolute Gasteiger partial charge is 0.296 e. The third-order valence-electron chi connectivity index (χ3n) is 1.33. The predicted octanol–water partition coefficient (Wildman–Crippen LogP) is 1.85. The zero-order valence-corrected chi connectivity index (χ0v) is 8.06. The summed E-state index contributed by atoms with van der Waals surface area (Å²) in [5.41, 5.74) is 1.57. The first-order chi connectivity index (χ1) is 6.36. The average molecular weight is 211 g/mol. The molecule has 0 aliphatic carbocycles. The summed E-state index contributed by atoms with van der Waals surface area (Å²) in [6.07, 6.45) is 0. The number of amides is 1. The van der Waals surface area contributed by atoms with Crippen LogP contribution in [-0.4, -0.2) is 16.1 Å². The fourth-order valence-corrected chi connectivity index (χ4v) is 1.85. The van der Waals surface area contributed by atoms with Crippen LogP contribution in [0.15, 0.2) is 23.0 Å². The zero-order chi connectivity index (χ0) is 9.10. The van der Waals surface area contributed by atoms with Gasteiger partial charge in [-0.05, 0) is 11.4 Å². The van der Waals surface area contributed by atoms with Crippen molar-refractivity contribution in [3.63, 3.8) is 0 Å². The van der Waals surface area contributed by atoms with Gasteiger partial charge in [0.05, 0.1) is 4.88 Å². The Morgan fingerprint density at radius 2 is 2.38 bits per heavy atom. The number of carbonyl (C=O) groups excluding carboxylic acids is 1. The van der Waals surface area contributed by atoms with E-state index in [0.29, 0.717) is 10.0 Å². The van der Waals surface area contributed by atoms with Crippen molar-refractivity contribution in [1.29, 1.82) is 0 Å². The maximum Gasteiger partial charge on any atom is 0.267 e. The second-order valence-corrected chi connectivity index (χ2v) is 3.96. The van der Waals surface area contributed by atoms with Crippen LogP contribution in [0.2, 0.25) is 0 Å². The van der Waals surface area contributed by atoms with Crippen LogP contribution in [0, 0.1) is 0 Å². The highest BCUT2D eigenvalue weighted by atomic mass is 32.1. The Balaban J connectivity index is 2.08. The van der Waals surface area contributed by atoms with Gasteiger partial charge in [0.2, 0.25) is 5.13 Å². The van der Waals surface area contributed by atoms with E-state index in [9.17, 15) is 4.79 Å². The fraction of sp³-hybridized carbons (Fsp3) is 0. The van der Waals surface area contributed by atoms with Gasteiger partial charge in [0.25, 0.3) is 5.91 Å². The first-order valence-electron chi connectivity index (χ1n) is 3.47. The minimum absolute atomic E-state index is 0.133. The van der Waals surface area contributed by atoms with Crippen molar-refractivity contribution in [3.8, 4) is 0 Å². The number of anilines is 1. The van der Waals surface area contributed by atoms with Gasteiger partial charge in [-0.25, -0.2) is 0 Å². The van der Waals surface area contributed by atoms with Crippen molar-refractivity contribution >= 4 is 33.7 Å². The van der Waals surface area contributed by atoms with Gasteiger partial charge in [-0.15, -0.1) is 21.5 Å². The second-order valence-electron chi connectivity index (χ2n) is 2.18. The highest BCUT2D eigenvalue weighted by molar-refractivity contribution is 7.14. The van der Waals surface area contributed by atoms with Crippen LogP contribution in [0.25, 0.3) is 0 Å². The van der Waals surface area contributed by atoms with E-state index >= 15 is 0 Å². The summed E-state index contributed by atoms with van der Waals surface area (Å²) < 4.78 is 0. The van der Waals surface area contributed by atoms with E-state index in [1.807, 2.05) is 11.4 Å². The molecule has 0 unspecified atom stereocenters. The van der Waals surface area contributed by atoms with Gasteiger partial charge in [-0.3, -0.25) is 10.1 Å². The topological polar surface area (TPSA) is 54.9 Å². The molecule has 1 amide bonds. The van der Waals surface area contributed by atoms with Crippen LogP contribution in [-0.2, 0) is 0 Å². The molecule has 2 heterocycles. The Morgan fingerprint density at radius 3 is 3.00 bits per heavy atom. The highest BCUT2D eigenvalue weighted by Crippen LogP contribution is 2.13. The lowest BCUT2D eigenvalue weighted by molar-refractivity contribution is 0.103. The molecule has 4 nitrogen and oxygen atoms in total. The summed E-state index contributed by atoms with van der Waals surface area (Å²) in [5, 5.41) is 12.3. The summed E-state index contributed by atoms with van der Waals surface area (Å²) in [7, 11) is 0. The fourth-order valence-electron chi connectivity index (χ4n) is 0.794. The molecule has 2 aromatic rings. The maximum atomic E-state index is 11.4. The Labute approximate surface area is 82.3 Å². The van der Waals surface area contributed by atoms with Gasteiger partial charge in [0.1, 0.15) is 5.51 Å². The van der Waals surface area contributed by atoms with Crippen LogP contribution >= 0.6 is 22.7 Å². The average Bonchev–Trinajstić information content (AvgIpc) is 2.74. The number of hydrogen-bond donors (Lipinski definition) is 1. The molecule has 0 bridgehead atoms. The number of rotatable bonds is 2. The molecule has 0 spiro atoms. The summed E-state index contributed by atoms with van der Waals surface area (Å²) >= 11 is 2.70. The van der Waals surface area contributed by atoms with Crippen molar-refractivity contribution in [2.24, 2.45) is 0 Å². The normalized spacial score (nSPS) is 9.85. The third-order valence-corrected chi connectivity index (χ3v) is 2.80. The summed E-state index contributed by atoms with van der Waals surface area (Å²) in [4.78, 5) is 12.1. The minimum atomic E-state index is -0.133. The van der Waals surface area contributed by atoms with Crippen LogP contribution in [0.5, 0.6) is 0 Å². The Morgan fingerprint density at radius 1 is 1.46 bits per heavy atom. The highest BCUT2D eigenvalue weighted by Gasteiger charge is 2.07. The van der Waals surface area contributed by atoms with Gasteiger partial charge in [0, 0.05) is 0 Å². The standard InChI is InChI=1S/C7H5N3OS2/c11-6(5-2-1-3-12-5)9-7-10-8-4-13-7/h1-4H,(H,9,10,11). The summed E-state index contributed by atoms with van der Waals surface area (Å²) in [6.45, 7) is 0. The second kappa shape index (κ2) is 3.63. The first kappa shape index (κ1) is 8.33. The van der Waals surface area contributed by atoms with Crippen molar-refractivity contribution < 1.29 is 4.79 Å². The molecule has 0 aliphatic rings. The molecule has 13 heavy (non-hydrogen) atoms. The lowest BCUT2D eigenvalue weighted by Crippen LogP contribution is -2.09. The number of nitrogens with zero attached hydrogens (tertiary/aromatic N) is 2. The summed E-state index contributed by atoms with van der Waals surface area (Å²) in [6, 6.07) is 3.60. The number of hydrogen-bond acceptors (Lipinski definition) is 5. The molecular weight excluding hydrogens is 206 g/mol. The lowest BCUT2D eigenvalue weighted by atomic mass is 10.4. The van der Waals surface area contributed by atoms with E-state index in [1.165, 1.54) is 22.7 Å². The van der Waals surface area contributed by atoms with Gasteiger partial charge in [-0.2, -0.15) is 0 Å². The van der Waals surface area contributed by atoms with E-state index in [-0.39, 0.29) is 5.91 Å². The molecule has 2 aromatic heterocycles. The molecule has 0 radical (unpaired) electrons. The van der Waals surface area contributed by atoms with Gasteiger partial charge in [0.15, 0.2) is 0 Å². The maximum absolute atomic E-state index is 11.4. The third kappa shape index (κ3) is 1.90. The number of aromatic nitrogens is 2. The van der Waals surface area contributed by atoms with Gasteiger partial charge < -0.3 is 0 Å². The van der Waals surface area contributed by atoms with Crippen molar-refractivity contribution in [3.05, 3.63) is 27.9 Å². The zero-order valence-electron chi connectivity index (χ0n) is 6.43. The first-order valence-corrected chi connectivity index (χ1v) is 5.23. The molecule has 6 heteroatoms. The van der Waals surface area contributed by atoms with E-state index in [4.69, 9.17) is 0 Å². The van der Waals surface area contributed by atoms with Crippen LogP contribution in [0.1, 0.15) is 9.67 Å².